The van der Waals surface area contributed by atoms with Gasteiger partial charge in [0.05, 0.1) is 23.6 Å². The minimum Gasteiger partial charge on any atom is -0.490 e. The minimum atomic E-state index is -4.77. The Morgan fingerprint density at radius 2 is 1.83 bits per heavy atom. The van der Waals surface area contributed by atoms with E-state index >= 15 is 0 Å². The summed E-state index contributed by atoms with van der Waals surface area (Å²) in [5.74, 6) is 0.509. The lowest BCUT2D eigenvalue weighted by Gasteiger charge is -2.48. The number of carbonyl (C=O) groups is 1. The maximum absolute atomic E-state index is 13.6. The van der Waals surface area contributed by atoms with Crippen LogP contribution in [0, 0.1) is 11.3 Å². The molecule has 0 bridgehead atoms. The molecule has 1 aromatic heterocycles. The van der Waals surface area contributed by atoms with Gasteiger partial charge in [0.2, 0.25) is 0 Å². The smallest absolute Gasteiger partial charge is 0.419 e. The summed E-state index contributed by atoms with van der Waals surface area (Å²) in [6.45, 7) is 0. The third-order valence-electron chi connectivity index (χ3n) is 7.24. The van der Waals surface area contributed by atoms with Crippen LogP contribution in [0.4, 0.5) is 18.9 Å². The van der Waals surface area contributed by atoms with Crippen LogP contribution >= 0.6 is 12.2 Å². The van der Waals surface area contributed by atoms with Crippen molar-refractivity contribution in [2.45, 2.75) is 68.8 Å². The molecular formula is C25H23F3N4O2S. The van der Waals surface area contributed by atoms with Gasteiger partial charge in [-0.15, -0.1) is 0 Å². The quantitative estimate of drug-likeness (QED) is 0.537. The summed E-state index contributed by atoms with van der Waals surface area (Å²) < 4.78 is 46.7. The molecule has 0 radical (unpaired) electrons. The van der Waals surface area contributed by atoms with Gasteiger partial charge in [0, 0.05) is 6.04 Å². The first kappa shape index (κ1) is 23.5. The van der Waals surface area contributed by atoms with Crippen LogP contribution in [0.2, 0.25) is 0 Å². The highest BCUT2D eigenvalue weighted by molar-refractivity contribution is 7.80. The predicted molar refractivity (Wildman–Crippen MR) is 126 cm³/mol. The Bertz CT molecular complexity index is 1190. The summed E-state index contributed by atoms with van der Waals surface area (Å²) in [7, 11) is 0. The zero-order valence-electron chi connectivity index (χ0n) is 18.8. The first-order valence-corrected chi connectivity index (χ1v) is 12.0. The Balaban J connectivity index is 1.38. The SMILES string of the molecule is N#Cc1ncc(N2C(=O)C3(CCC3)N([C@H]3CC[C@H](Oc4ccccc4)CC3)C2=S)cc1C(F)(F)F. The highest BCUT2D eigenvalue weighted by Crippen LogP contribution is 2.49. The van der Waals surface area contributed by atoms with Crippen molar-refractivity contribution in [1.82, 2.24) is 9.88 Å². The normalized spacial score (nSPS) is 23.8. The van der Waals surface area contributed by atoms with Crippen LogP contribution in [0.15, 0.2) is 42.6 Å². The third-order valence-corrected chi connectivity index (χ3v) is 7.62. The zero-order chi connectivity index (χ0) is 24.8. The van der Waals surface area contributed by atoms with Crippen molar-refractivity contribution in [3.63, 3.8) is 0 Å². The number of rotatable bonds is 4. The molecule has 1 aromatic carbocycles. The molecule has 2 heterocycles. The lowest BCUT2D eigenvalue weighted by Crippen LogP contribution is -2.59. The van der Waals surface area contributed by atoms with Crippen molar-refractivity contribution in [3.05, 3.63) is 53.9 Å². The van der Waals surface area contributed by atoms with Crippen molar-refractivity contribution < 1.29 is 22.7 Å². The maximum atomic E-state index is 13.6. The average Bonchev–Trinajstić information content (AvgIpc) is 3.06. The molecule has 3 aliphatic rings. The number of benzene rings is 1. The molecule has 2 saturated carbocycles. The molecule has 10 heteroatoms. The first-order valence-electron chi connectivity index (χ1n) is 11.6. The van der Waals surface area contributed by atoms with Crippen LogP contribution in [-0.2, 0) is 11.0 Å². The summed E-state index contributed by atoms with van der Waals surface area (Å²) in [5, 5.41) is 9.27. The van der Waals surface area contributed by atoms with Crippen molar-refractivity contribution in [3.8, 4) is 11.8 Å². The Morgan fingerprint density at radius 3 is 2.40 bits per heavy atom. The van der Waals surface area contributed by atoms with Gasteiger partial charge in [-0.2, -0.15) is 18.4 Å². The molecule has 3 fully saturated rings. The van der Waals surface area contributed by atoms with E-state index in [1.165, 1.54) is 11.0 Å². The zero-order valence-corrected chi connectivity index (χ0v) is 19.6. The number of halogens is 3. The van der Waals surface area contributed by atoms with Gasteiger partial charge in [-0.05, 0) is 75.4 Å². The number of carbonyl (C=O) groups excluding carboxylic acids is 1. The molecule has 1 spiro atoms. The third kappa shape index (κ3) is 4.01. The molecule has 2 aromatic rings. The average molecular weight is 501 g/mol. The number of alkyl halides is 3. The number of hydrogen-bond acceptors (Lipinski definition) is 5. The molecule has 1 amide bonds. The van der Waals surface area contributed by atoms with Gasteiger partial charge in [-0.3, -0.25) is 9.69 Å². The highest BCUT2D eigenvalue weighted by atomic mass is 32.1. The number of nitrogens with zero attached hydrogens (tertiary/aromatic N) is 4. The van der Waals surface area contributed by atoms with E-state index in [0.717, 1.165) is 50.1 Å². The molecule has 6 nitrogen and oxygen atoms in total. The number of pyridine rings is 1. The molecule has 0 N–H and O–H groups in total. The standard InChI is InChI=1S/C25H23F3N4O2S/c26-25(27,28)20-13-17(15-30-21(20)14-29)31-22(33)24(11-4-12-24)32(23(31)35)16-7-9-19(10-8-16)34-18-5-2-1-3-6-18/h1-3,5-6,13,15-16,19H,4,7-12H2/t16-,19-. The van der Waals surface area contributed by atoms with Gasteiger partial charge < -0.3 is 9.64 Å². The Kier molecular flexibility index (Phi) is 5.91. The van der Waals surface area contributed by atoms with E-state index in [1.807, 2.05) is 35.2 Å². The lowest BCUT2D eigenvalue weighted by atomic mass is 9.74. The van der Waals surface area contributed by atoms with Crippen LogP contribution in [-0.4, -0.2) is 38.6 Å². The van der Waals surface area contributed by atoms with E-state index in [-0.39, 0.29) is 28.9 Å². The van der Waals surface area contributed by atoms with Crippen LogP contribution in [0.3, 0.4) is 0 Å². The molecular weight excluding hydrogens is 477 g/mol. The van der Waals surface area contributed by atoms with Crippen LogP contribution in [0.25, 0.3) is 0 Å². The number of aromatic nitrogens is 1. The Labute approximate surface area is 206 Å². The fourth-order valence-electron chi connectivity index (χ4n) is 5.38. The second-order valence-corrected chi connectivity index (χ2v) is 9.60. The first-order chi connectivity index (χ1) is 16.7. The number of anilines is 1. The second kappa shape index (κ2) is 8.79. The molecule has 182 valence electrons. The molecule has 1 aliphatic heterocycles. The fraction of sp³-hybridized carbons (Fsp3) is 0.440. The van der Waals surface area contributed by atoms with Crippen molar-refractivity contribution >= 4 is 28.9 Å². The van der Waals surface area contributed by atoms with E-state index in [1.54, 1.807) is 0 Å². The van der Waals surface area contributed by atoms with Crippen LogP contribution in [0.1, 0.15) is 56.2 Å². The van der Waals surface area contributed by atoms with Crippen molar-refractivity contribution in [1.29, 1.82) is 5.26 Å². The van der Waals surface area contributed by atoms with Crippen LogP contribution in [0.5, 0.6) is 5.75 Å². The van der Waals surface area contributed by atoms with Gasteiger partial charge in [0.25, 0.3) is 5.91 Å². The van der Waals surface area contributed by atoms with E-state index in [2.05, 4.69) is 4.98 Å². The largest absolute Gasteiger partial charge is 0.490 e. The number of amides is 1. The number of para-hydroxylation sites is 1. The summed E-state index contributed by atoms with van der Waals surface area (Å²) in [4.78, 5) is 20.4. The highest BCUT2D eigenvalue weighted by Gasteiger charge is 2.61. The monoisotopic (exact) mass is 500 g/mol. The van der Waals surface area contributed by atoms with Crippen molar-refractivity contribution in [2.75, 3.05) is 4.90 Å². The number of ether oxygens (including phenoxy) is 1. The second-order valence-electron chi connectivity index (χ2n) is 9.24. The fourth-order valence-corrected chi connectivity index (χ4v) is 5.89. The summed E-state index contributed by atoms with van der Waals surface area (Å²) in [6.07, 6.45) is 1.59. The number of thiocarbonyl (C=S) groups is 1. The maximum Gasteiger partial charge on any atom is 0.419 e. The van der Waals surface area contributed by atoms with Gasteiger partial charge in [0.15, 0.2) is 10.8 Å². The Morgan fingerprint density at radius 1 is 1.14 bits per heavy atom. The van der Waals surface area contributed by atoms with E-state index in [0.29, 0.717) is 12.8 Å². The lowest BCUT2D eigenvalue weighted by molar-refractivity contribution is -0.138. The topological polar surface area (TPSA) is 69.5 Å². The molecule has 1 saturated heterocycles. The summed E-state index contributed by atoms with van der Waals surface area (Å²) >= 11 is 5.71. The molecule has 2 aliphatic carbocycles. The summed E-state index contributed by atoms with van der Waals surface area (Å²) in [6, 6.07) is 11.9. The molecule has 35 heavy (non-hydrogen) atoms. The van der Waals surface area contributed by atoms with E-state index in [4.69, 9.17) is 22.2 Å². The molecule has 0 unspecified atom stereocenters. The van der Waals surface area contributed by atoms with Gasteiger partial charge in [-0.1, -0.05) is 18.2 Å². The number of hydrogen-bond donors (Lipinski definition) is 0. The predicted octanol–water partition coefficient (Wildman–Crippen LogP) is 5.22. The van der Waals surface area contributed by atoms with E-state index < -0.39 is 23.0 Å². The molecule has 0 atom stereocenters. The van der Waals surface area contributed by atoms with Gasteiger partial charge >= 0.3 is 6.18 Å². The van der Waals surface area contributed by atoms with Crippen molar-refractivity contribution in [2.24, 2.45) is 0 Å². The van der Waals surface area contributed by atoms with E-state index in [9.17, 15) is 18.0 Å². The summed E-state index contributed by atoms with van der Waals surface area (Å²) in [5.41, 5.74) is -2.78. The minimum absolute atomic E-state index is 0.000741. The number of nitriles is 1. The van der Waals surface area contributed by atoms with Crippen LogP contribution < -0.4 is 9.64 Å². The van der Waals surface area contributed by atoms with Gasteiger partial charge in [0.1, 0.15) is 17.4 Å². The van der Waals surface area contributed by atoms with Gasteiger partial charge in [-0.25, -0.2) is 4.98 Å². The molecule has 5 rings (SSSR count). The Hall–Kier alpha value is -3.19.